The van der Waals surface area contributed by atoms with Gasteiger partial charge in [0.25, 0.3) is 0 Å². The van der Waals surface area contributed by atoms with Crippen molar-refractivity contribution >= 4 is 5.96 Å². The molecule has 0 bridgehead atoms. The van der Waals surface area contributed by atoms with E-state index in [2.05, 4.69) is 38.8 Å². The number of aliphatic imine (C=N–C) groups is 1. The Bertz CT molecular complexity index is 477. The molecule has 0 unspecified atom stereocenters. The quantitative estimate of drug-likeness (QED) is 0.318. The van der Waals surface area contributed by atoms with Crippen LogP contribution in [0.1, 0.15) is 51.9 Å². The van der Waals surface area contributed by atoms with Crippen molar-refractivity contribution in [2.75, 3.05) is 19.6 Å². The van der Waals surface area contributed by atoms with Gasteiger partial charge in [0.05, 0.1) is 0 Å². The Labute approximate surface area is 139 Å². The number of allylic oxidation sites excluding steroid dienone is 1. The van der Waals surface area contributed by atoms with Gasteiger partial charge < -0.3 is 15.2 Å². The second-order valence-corrected chi connectivity index (χ2v) is 5.95. The van der Waals surface area contributed by atoms with Crippen molar-refractivity contribution in [3.63, 3.8) is 0 Å². The lowest BCUT2D eigenvalue weighted by Crippen LogP contribution is -2.38. The number of hydrogen-bond acceptors (Lipinski definition) is 3. The fourth-order valence-electron chi connectivity index (χ4n) is 2.75. The van der Waals surface area contributed by atoms with E-state index in [1.54, 1.807) is 18.2 Å². The van der Waals surface area contributed by atoms with Crippen molar-refractivity contribution in [3.8, 4) is 0 Å². The van der Waals surface area contributed by atoms with Crippen LogP contribution in [0.4, 0.5) is 0 Å². The number of guanidine groups is 1. The minimum Gasteiger partial charge on any atom is -0.357 e. The molecule has 1 aliphatic rings. The number of rotatable bonds is 9. The molecule has 1 heterocycles. The second-order valence-electron chi connectivity index (χ2n) is 5.95. The van der Waals surface area contributed by atoms with E-state index in [4.69, 9.17) is 0 Å². The summed E-state index contributed by atoms with van der Waals surface area (Å²) in [6, 6.07) is 0. The van der Waals surface area contributed by atoms with Gasteiger partial charge in [-0.1, -0.05) is 11.6 Å². The molecular formula is C17H30N6. The van der Waals surface area contributed by atoms with E-state index in [1.807, 2.05) is 4.57 Å². The van der Waals surface area contributed by atoms with Gasteiger partial charge in [0.2, 0.25) is 0 Å². The standard InChI is InChI=1S/C17H30N6/c1-2-18-17(20-12-10-16-8-4-3-5-9-16)19-11-6-7-13-23-14-21-22-15-23/h8,14-15H,2-7,9-13H2,1H3,(H2,18,19,20). The lowest BCUT2D eigenvalue weighted by Gasteiger charge is -2.15. The van der Waals surface area contributed by atoms with Crippen LogP contribution in [0.15, 0.2) is 29.3 Å². The number of aromatic nitrogens is 3. The summed E-state index contributed by atoms with van der Waals surface area (Å²) >= 11 is 0. The summed E-state index contributed by atoms with van der Waals surface area (Å²) in [6.45, 7) is 5.78. The Kier molecular flexibility index (Phi) is 8.22. The van der Waals surface area contributed by atoms with Gasteiger partial charge in [-0.2, -0.15) is 0 Å². The van der Waals surface area contributed by atoms with Crippen LogP contribution >= 0.6 is 0 Å². The Balaban J connectivity index is 1.62. The molecule has 0 radical (unpaired) electrons. The molecule has 23 heavy (non-hydrogen) atoms. The van der Waals surface area contributed by atoms with Crippen molar-refractivity contribution in [1.82, 2.24) is 25.4 Å². The van der Waals surface area contributed by atoms with Crippen molar-refractivity contribution in [2.24, 2.45) is 4.99 Å². The highest BCUT2D eigenvalue weighted by Crippen LogP contribution is 2.19. The normalized spacial score (nSPS) is 15.3. The first-order chi connectivity index (χ1) is 11.4. The zero-order chi connectivity index (χ0) is 16.2. The highest BCUT2D eigenvalue weighted by molar-refractivity contribution is 5.79. The third-order valence-corrected chi connectivity index (χ3v) is 4.03. The summed E-state index contributed by atoms with van der Waals surface area (Å²) in [4.78, 5) is 4.65. The third-order valence-electron chi connectivity index (χ3n) is 4.03. The smallest absolute Gasteiger partial charge is 0.191 e. The lowest BCUT2D eigenvalue weighted by atomic mass is 9.97. The van der Waals surface area contributed by atoms with Gasteiger partial charge in [-0.25, -0.2) is 0 Å². The summed E-state index contributed by atoms with van der Waals surface area (Å²) < 4.78 is 2.01. The summed E-state index contributed by atoms with van der Waals surface area (Å²) in [5, 5.41) is 14.4. The number of nitrogens with one attached hydrogen (secondary N) is 2. The van der Waals surface area contributed by atoms with Crippen LogP contribution in [0.3, 0.4) is 0 Å². The fraction of sp³-hybridized carbons (Fsp3) is 0.706. The highest BCUT2D eigenvalue weighted by atomic mass is 15.2. The molecule has 0 aromatic carbocycles. The molecule has 0 amide bonds. The van der Waals surface area contributed by atoms with Gasteiger partial charge in [0.15, 0.2) is 5.96 Å². The first-order valence-corrected chi connectivity index (χ1v) is 8.91. The monoisotopic (exact) mass is 318 g/mol. The molecule has 2 rings (SSSR count). The van der Waals surface area contributed by atoms with Crippen LogP contribution < -0.4 is 10.6 Å². The van der Waals surface area contributed by atoms with Gasteiger partial charge in [-0.15, -0.1) is 10.2 Å². The molecule has 0 aliphatic heterocycles. The molecule has 6 nitrogen and oxygen atoms in total. The van der Waals surface area contributed by atoms with Gasteiger partial charge in [-0.05, 0) is 51.9 Å². The number of aryl methyl sites for hydroxylation is 1. The van der Waals surface area contributed by atoms with E-state index in [9.17, 15) is 0 Å². The Morgan fingerprint density at radius 3 is 2.83 bits per heavy atom. The maximum Gasteiger partial charge on any atom is 0.191 e. The predicted octanol–water partition coefficient (Wildman–Crippen LogP) is 2.50. The van der Waals surface area contributed by atoms with Crippen LogP contribution in [-0.2, 0) is 6.54 Å². The van der Waals surface area contributed by atoms with Crippen LogP contribution in [-0.4, -0.2) is 40.4 Å². The first-order valence-electron chi connectivity index (χ1n) is 8.91. The minimum atomic E-state index is 0.847. The average molecular weight is 318 g/mol. The van der Waals surface area contributed by atoms with Gasteiger partial charge in [0, 0.05) is 26.2 Å². The molecule has 0 fully saturated rings. The fourth-order valence-corrected chi connectivity index (χ4v) is 2.75. The molecule has 2 N–H and O–H groups in total. The lowest BCUT2D eigenvalue weighted by molar-refractivity contribution is 0.611. The van der Waals surface area contributed by atoms with Crippen molar-refractivity contribution in [2.45, 2.75) is 58.4 Å². The number of nitrogens with zero attached hydrogens (tertiary/aromatic N) is 4. The second kappa shape index (κ2) is 10.8. The van der Waals surface area contributed by atoms with E-state index in [-0.39, 0.29) is 0 Å². The first kappa shape index (κ1) is 17.5. The van der Waals surface area contributed by atoms with Crippen LogP contribution in [0, 0.1) is 0 Å². The van der Waals surface area contributed by atoms with Crippen molar-refractivity contribution in [3.05, 3.63) is 24.3 Å². The van der Waals surface area contributed by atoms with Crippen molar-refractivity contribution in [1.29, 1.82) is 0 Å². The Morgan fingerprint density at radius 2 is 2.09 bits per heavy atom. The molecule has 0 atom stereocenters. The molecule has 0 saturated carbocycles. The number of unbranched alkanes of at least 4 members (excludes halogenated alkanes) is 1. The summed E-state index contributed by atoms with van der Waals surface area (Å²) in [7, 11) is 0. The topological polar surface area (TPSA) is 67.1 Å². The summed E-state index contributed by atoms with van der Waals surface area (Å²) in [5.41, 5.74) is 1.61. The van der Waals surface area contributed by atoms with E-state index in [0.717, 1.165) is 51.4 Å². The van der Waals surface area contributed by atoms with Gasteiger partial charge in [0.1, 0.15) is 12.7 Å². The maximum absolute atomic E-state index is 4.65. The zero-order valence-electron chi connectivity index (χ0n) is 14.3. The van der Waals surface area contributed by atoms with Gasteiger partial charge >= 0.3 is 0 Å². The molecule has 1 aliphatic carbocycles. The van der Waals surface area contributed by atoms with Crippen LogP contribution in [0.2, 0.25) is 0 Å². The molecule has 1 aromatic heterocycles. The van der Waals surface area contributed by atoms with Crippen LogP contribution in [0.25, 0.3) is 0 Å². The van der Waals surface area contributed by atoms with E-state index < -0.39 is 0 Å². The van der Waals surface area contributed by atoms with E-state index in [0.29, 0.717) is 0 Å². The zero-order valence-corrected chi connectivity index (χ0v) is 14.3. The largest absolute Gasteiger partial charge is 0.357 e. The molecular weight excluding hydrogens is 288 g/mol. The minimum absolute atomic E-state index is 0.847. The molecule has 0 saturated heterocycles. The average Bonchev–Trinajstić information content (AvgIpc) is 3.09. The Morgan fingerprint density at radius 1 is 1.22 bits per heavy atom. The van der Waals surface area contributed by atoms with E-state index >= 15 is 0 Å². The maximum atomic E-state index is 4.65. The van der Waals surface area contributed by atoms with Crippen LogP contribution in [0.5, 0.6) is 0 Å². The highest BCUT2D eigenvalue weighted by Gasteiger charge is 2.04. The predicted molar refractivity (Wildman–Crippen MR) is 94.4 cm³/mol. The Hall–Kier alpha value is -1.85. The molecule has 0 spiro atoms. The van der Waals surface area contributed by atoms with Crippen molar-refractivity contribution < 1.29 is 0 Å². The molecule has 128 valence electrons. The third kappa shape index (κ3) is 7.30. The van der Waals surface area contributed by atoms with Gasteiger partial charge in [-0.3, -0.25) is 4.99 Å². The molecule has 1 aromatic rings. The number of hydrogen-bond donors (Lipinski definition) is 2. The SMILES string of the molecule is CCNC(=NCCCCn1cnnc1)NCCC1=CCCCC1. The molecule has 6 heteroatoms. The van der Waals surface area contributed by atoms with E-state index in [1.165, 1.54) is 25.7 Å². The summed E-state index contributed by atoms with van der Waals surface area (Å²) in [5.74, 6) is 0.938. The summed E-state index contributed by atoms with van der Waals surface area (Å²) in [6.07, 6.45) is 14.5.